The molecule has 2 heteroatoms. The van der Waals surface area contributed by atoms with E-state index in [1.807, 2.05) is 6.07 Å². The first-order valence-electron chi connectivity index (χ1n) is 6.16. The van der Waals surface area contributed by atoms with E-state index in [1.165, 1.54) is 31.4 Å². The minimum Gasteiger partial charge on any atom is -0.303 e. The van der Waals surface area contributed by atoms with Gasteiger partial charge in [0.2, 0.25) is 0 Å². The van der Waals surface area contributed by atoms with Crippen molar-refractivity contribution in [1.82, 2.24) is 4.90 Å². The van der Waals surface area contributed by atoms with Crippen LogP contribution in [0.1, 0.15) is 36.6 Å². The van der Waals surface area contributed by atoms with E-state index in [4.69, 9.17) is 11.6 Å². The Hall–Kier alpha value is -0.530. The molecule has 1 aliphatic rings. The van der Waals surface area contributed by atoms with Crippen molar-refractivity contribution >= 4 is 11.6 Å². The molecule has 1 fully saturated rings. The van der Waals surface area contributed by atoms with Gasteiger partial charge in [0.15, 0.2) is 0 Å². The fraction of sp³-hybridized carbons (Fsp3) is 0.571. The lowest BCUT2D eigenvalue weighted by Crippen LogP contribution is -2.36. The predicted molar refractivity (Wildman–Crippen MR) is 69.9 cm³/mol. The van der Waals surface area contributed by atoms with Gasteiger partial charge in [0.25, 0.3) is 0 Å². The van der Waals surface area contributed by atoms with Gasteiger partial charge in [0.05, 0.1) is 5.38 Å². The summed E-state index contributed by atoms with van der Waals surface area (Å²) >= 11 is 6.48. The predicted octanol–water partition coefficient (Wildman–Crippen LogP) is 3.84. The molecule has 1 nitrogen and oxygen atoms in total. The summed E-state index contributed by atoms with van der Waals surface area (Å²) in [5, 5.41) is 0.159. The highest BCUT2D eigenvalue weighted by Crippen LogP contribution is 2.30. The Kier molecular flexibility index (Phi) is 4.25. The van der Waals surface area contributed by atoms with Crippen molar-refractivity contribution in [2.45, 2.75) is 37.1 Å². The lowest BCUT2D eigenvalue weighted by Gasteiger charge is -2.33. The highest BCUT2D eigenvalue weighted by Gasteiger charge is 2.22. The van der Waals surface area contributed by atoms with Crippen LogP contribution < -0.4 is 0 Å². The van der Waals surface area contributed by atoms with Crippen molar-refractivity contribution in [3.05, 3.63) is 35.9 Å². The van der Waals surface area contributed by atoms with E-state index in [-0.39, 0.29) is 5.38 Å². The number of likely N-dealkylation sites (tertiary alicyclic amines) is 1. The maximum Gasteiger partial charge on any atom is 0.0600 e. The summed E-state index contributed by atoms with van der Waals surface area (Å²) in [7, 11) is 2.22. The Bertz CT molecular complexity index is 312. The molecule has 0 aromatic heterocycles. The van der Waals surface area contributed by atoms with Crippen LogP contribution >= 0.6 is 11.6 Å². The van der Waals surface area contributed by atoms with Gasteiger partial charge in [-0.2, -0.15) is 0 Å². The molecule has 0 spiro atoms. The molecule has 1 heterocycles. The Morgan fingerprint density at radius 2 is 2.06 bits per heavy atom. The smallest absolute Gasteiger partial charge is 0.0600 e. The average molecular weight is 238 g/mol. The molecule has 16 heavy (non-hydrogen) atoms. The Morgan fingerprint density at radius 1 is 1.31 bits per heavy atom. The molecule has 0 radical (unpaired) electrons. The minimum absolute atomic E-state index is 0.159. The third-order valence-electron chi connectivity index (χ3n) is 3.56. The van der Waals surface area contributed by atoms with E-state index in [9.17, 15) is 0 Å². The third kappa shape index (κ3) is 2.99. The van der Waals surface area contributed by atoms with E-state index in [0.29, 0.717) is 6.04 Å². The summed E-state index contributed by atoms with van der Waals surface area (Å²) in [6.07, 6.45) is 5.06. The first kappa shape index (κ1) is 11.9. The van der Waals surface area contributed by atoms with Gasteiger partial charge in [0, 0.05) is 6.04 Å². The van der Waals surface area contributed by atoms with Gasteiger partial charge in [-0.25, -0.2) is 0 Å². The van der Waals surface area contributed by atoms with Gasteiger partial charge in [-0.05, 0) is 38.4 Å². The number of piperidine rings is 1. The number of halogens is 1. The number of alkyl halides is 1. The summed E-state index contributed by atoms with van der Waals surface area (Å²) in [6, 6.07) is 11.1. The van der Waals surface area contributed by atoms with Gasteiger partial charge >= 0.3 is 0 Å². The lowest BCUT2D eigenvalue weighted by atomic mass is 9.96. The van der Waals surface area contributed by atoms with Crippen molar-refractivity contribution in [2.24, 2.45) is 0 Å². The Balaban J connectivity index is 1.94. The molecular weight excluding hydrogens is 218 g/mol. The first-order valence-corrected chi connectivity index (χ1v) is 6.60. The summed E-state index contributed by atoms with van der Waals surface area (Å²) in [4.78, 5) is 2.46. The molecule has 1 aliphatic heterocycles. The molecule has 1 aromatic rings. The molecule has 0 aliphatic carbocycles. The van der Waals surface area contributed by atoms with E-state index in [2.05, 4.69) is 36.2 Å². The molecule has 88 valence electrons. The van der Waals surface area contributed by atoms with Crippen LogP contribution in [0.3, 0.4) is 0 Å². The molecule has 1 aromatic carbocycles. The second-order valence-corrected chi connectivity index (χ2v) is 5.27. The molecule has 2 unspecified atom stereocenters. The van der Waals surface area contributed by atoms with Gasteiger partial charge < -0.3 is 4.90 Å². The fourth-order valence-corrected chi connectivity index (χ4v) is 2.83. The highest BCUT2D eigenvalue weighted by molar-refractivity contribution is 6.20. The Labute approximate surface area is 103 Å². The second-order valence-electron chi connectivity index (χ2n) is 4.74. The Morgan fingerprint density at radius 3 is 2.75 bits per heavy atom. The van der Waals surface area contributed by atoms with Crippen LogP contribution in [0.4, 0.5) is 0 Å². The molecule has 0 saturated carbocycles. The second kappa shape index (κ2) is 5.70. The SMILES string of the molecule is CN1CCCCC1CC(Cl)c1ccccc1. The molecule has 0 amide bonds. The van der Waals surface area contributed by atoms with E-state index < -0.39 is 0 Å². The summed E-state index contributed by atoms with van der Waals surface area (Å²) in [6.45, 7) is 1.23. The monoisotopic (exact) mass is 237 g/mol. The van der Waals surface area contributed by atoms with Crippen LogP contribution in [0.25, 0.3) is 0 Å². The molecule has 0 bridgehead atoms. The van der Waals surface area contributed by atoms with Gasteiger partial charge in [-0.15, -0.1) is 11.6 Å². The quantitative estimate of drug-likeness (QED) is 0.722. The molecule has 0 N–H and O–H groups in total. The molecule has 1 saturated heterocycles. The number of benzene rings is 1. The number of rotatable bonds is 3. The van der Waals surface area contributed by atoms with Crippen molar-refractivity contribution in [3.8, 4) is 0 Å². The van der Waals surface area contributed by atoms with Crippen molar-refractivity contribution in [1.29, 1.82) is 0 Å². The summed E-state index contributed by atoms with van der Waals surface area (Å²) in [5.41, 5.74) is 1.25. The topological polar surface area (TPSA) is 3.24 Å². The standard InChI is InChI=1S/C14H20ClN/c1-16-10-6-5-9-13(16)11-14(15)12-7-3-2-4-8-12/h2-4,7-8,13-14H,5-6,9-11H2,1H3. The van der Waals surface area contributed by atoms with E-state index in [0.717, 1.165) is 6.42 Å². The average Bonchev–Trinajstić information content (AvgIpc) is 2.33. The van der Waals surface area contributed by atoms with E-state index >= 15 is 0 Å². The zero-order valence-corrected chi connectivity index (χ0v) is 10.7. The normalized spacial score (nSPS) is 24.2. The lowest BCUT2D eigenvalue weighted by molar-refractivity contribution is 0.175. The van der Waals surface area contributed by atoms with Crippen LogP contribution in [-0.2, 0) is 0 Å². The van der Waals surface area contributed by atoms with Crippen LogP contribution in [0.2, 0.25) is 0 Å². The first-order chi connectivity index (χ1) is 7.77. The minimum atomic E-state index is 0.159. The summed E-state index contributed by atoms with van der Waals surface area (Å²) in [5.74, 6) is 0. The fourth-order valence-electron chi connectivity index (χ4n) is 2.48. The maximum atomic E-state index is 6.48. The van der Waals surface area contributed by atoms with E-state index in [1.54, 1.807) is 0 Å². The molecule has 2 atom stereocenters. The largest absolute Gasteiger partial charge is 0.303 e. The molecule has 2 rings (SSSR count). The van der Waals surface area contributed by atoms with Gasteiger partial charge in [-0.1, -0.05) is 36.8 Å². The van der Waals surface area contributed by atoms with Crippen molar-refractivity contribution in [2.75, 3.05) is 13.6 Å². The summed E-state index contributed by atoms with van der Waals surface area (Å²) < 4.78 is 0. The third-order valence-corrected chi connectivity index (χ3v) is 3.99. The number of hydrogen-bond donors (Lipinski definition) is 0. The van der Waals surface area contributed by atoms with Crippen LogP contribution in [-0.4, -0.2) is 24.5 Å². The highest BCUT2D eigenvalue weighted by atomic mass is 35.5. The van der Waals surface area contributed by atoms with Crippen molar-refractivity contribution < 1.29 is 0 Å². The maximum absolute atomic E-state index is 6.48. The van der Waals surface area contributed by atoms with Gasteiger partial charge in [-0.3, -0.25) is 0 Å². The number of hydrogen-bond acceptors (Lipinski definition) is 1. The van der Waals surface area contributed by atoms with Crippen LogP contribution in [0, 0.1) is 0 Å². The van der Waals surface area contributed by atoms with Gasteiger partial charge in [0.1, 0.15) is 0 Å². The zero-order chi connectivity index (χ0) is 11.4. The van der Waals surface area contributed by atoms with Crippen molar-refractivity contribution in [3.63, 3.8) is 0 Å². The number of nitrogens with zero attached hydrogens (tertiary/aromatic N) is 1. The van der Waals surface area contributed by atoms with Crippen LogP contribution in [0.15, 0.2) is 30.3 Å². The zero-order valence-electron chi connectivity index (χ0n) is 9.90. The van der Waals surface area contributed by atoms with Crippen LogP contribution in [0.5, 0.6) is 0 Å². The molecular formula is C14H20ClN.